The number of hydrogen-bond donors (Lipinski definition) is 3. The van der Waals surface area contributed by atoms with Crippen LogP contribution in [-0.2, 0) is 0 Å². The van der Waals surface area contributed by atoms with E-state index in [9.17, 15) is 0 Å². The van der Waals surface area contributed by atoms with E-state index >= 15 is 0 Å². The van der Waals surface area contributed by atoms with Gasteiger partial charge in [-0.15, -0.1) is 5.10 Å². The highest BCUT2D eigenvalue weighted by atomic mass is 15.4. The SMILES string of the molecule is N#CCC1(N)CN(c2cccn3nc(Nc4cn[nH]c4)nc23)C1. The summed E-state index contributed by atoms with van der Waals surface area (Å²) in [4.78, 5) is 6.65. The standard InChI is InChI=1S/C14H15N9/c15-4-3-14(16)8-22(9-14)11-2-1-5-23-12(11)20-13(21-23)19-10-6-17-18-7-10/h1-2,5-7H,3,8-9,16H2,(H,17,18)(H,19,21). The Morgan fingerprint density at radius 3 is 3.09 bits per heavy atom. The third-order valence-electron chi connectivity index (χ3n) is 3.88. The topological polar surface area (TPSA) is 124 Å². The first-order valence-corrected chi connectivity index (χ1v) is 7.19. The van der Waals surface area contributed by atoms with Crippen molar-refractivity contribution < 1.29 is 0 Å². The predicted molar refractivity (Wildman–Crippen MR) is 84.2 cm³/mol. The summed E-state index contributed by atoms with van der Waals surface area (Å²) in [5.41, 5.74) is 8.22. The van der Waals surface area contributed by atoms with Crippen LogP contribution in [0.5, 0.6) is 0 Å². The van der Waals surface area contributed by atoms with Crippen LogP contribution in [0, 0.1) is 11.3 Å². The lowest BCUT2D eigenvalue weighted by Gasteiger charge is -2.47. The van der Waals surface area contributed by atoms with Crippen LogP contribution in [0.3, 0.4) is 0 Å². The Bertz CT molecular complexity index is 867. The van der Waals surface area contributed by atoms with Crippen molar-refractivity contribution in [2.24, 2.45) is 5.73 Å². The summed E-state index contributed by atoms with van der Waals surface area (Å²) < 4.78 is 1.72. The summed E-state index contributed by atoms with van der Waals surface area (Å²) in [6, 6.07) is 6.04. The molecule has 0 radical (unpaired) electrons. The lowest BCUT2D eigenvalue weighted by molar-refractivity contribution is 0.339. The predicted octanol–water partition coefficient (Wildman–Crippen LogP) is 0.627. The summed E-state index contributed by atoms with van der Waals surface area (Å²) in [7, 11) is 0. The Labute approximate surface area is 131 Å². The van der Waals surface area contributed by atoms with E-state index in [-0.39, 0.29) is 0 Å². The number of H-pyrrole nitrogens is 1. The second-order valence-electron chi connectivity index (χ2n) is 5.76. The van der Waals surface area contributed by atoms with Gasteiger partial charge in [-0.1, -0.05) is 0 Å². The van der Waals surface area contributed by atoms with Gasteiger partial charge in [0.1, 0.15) is 0 Å². The van der Waals surface area contributed by atoms with Crippen LogP contribution in [0.1, 0.15) is 6.42 Å². The number of aromatic nitrogens is 5. The molecule has 3 aromatic rings. The molecule has 9 heteroatoms. The Hall–Kier alpha value is -3.12. The first-order chi connectivity index (χ1) is 11.2. The lowest BCUT2D eigenvalue weighted by atomic mass is 9.87. The summed E-state index contributed by atoms with van der Waals surface area (Å²) in [6.07, 6.45) is 5.59. The van der Waals surface area contributed by atoms with Gasteiger partial charge in [0.15, 0.2) is 5.65 Å². The van der Waals surface area contributed by atoms with Gasteiger partial charge in [-0.05, 0) is 12.1 Å². The minimum atomic E-state index is -0.431. The maximum atomic E-state index is 8.83. The quantitative estimate of drug-likeness (QED) is 0.645. The van der Waals surface area contributed by atoms with E-state index in [0.29, 0.717) is 25.5 Å². The normalized spacial score (nSPS) is 16.1. The zero-order valence-corrected chi connectivity index (χ0v) is 12.3. The Balaban J connectivity index is 1.61. The van der Waals surface area contributed by atoms with Crippen molar-refractivity contribution in [3.05, 3.63) is 30.7 Å². The number of nitrogens with zero attached hydrogens (tertiary/aromatic N) is 6. The number of anilines is 3. The second kappa shape index (κ2) is 4.96. The molecule has 4 rings (SSSR count). The fourth-order valence-corrected chi connectivity index (χ4v) is 2.79. The van der Waals surface area contributed by atoms with Crippen LogP contribution in [0.4, 0.5) is 17.3 Å². The summed E-state index contributed by atoms with van der Waals surface area (Å²) in [5.74, 6) is 0.496. The zero-order chi connectivity index (χ0) is 15.9. The van der Waals surface area contributed by atoms with Crippen molar-refractivity contribution in [3.63, 3.8) is 0 Å². The molecule has 1 fully saturated rings. The average molecular weight is 309 g/mol. The van der Waals surface area contributed by atoms with Gasteiger partial charge in [-0.25, -0.2) is 4.52 Å². The highest BCUT2D eigenvalue weighted by molar-refractivity contribution is 5.72. The van der Waals surface area contributed by atoms with E-state index in [0.717, 1.165) is 17.0 Å². The fraction of sp³-hybridized carbons (Fsp3) is 0.286. The van der Waals surface area contributed by atoms with Crippen molar-refractivity contribution in [1.82, 2.24) is 24.8 Å². The van der Waals surface area contributed by atoms with Gasteiger partial charge in [-0.3, -0.25) is 5.10 Å². The van der Waals surface area contributed by atoms with E-state index in [4.69, 9.17) is 11.0 Å². The molecular formula is C14H15N9. The van der Waals surface area contributed by atoms with E-state index in [2.05, 4.69) is 36.6 Å². The second-order valence-corrected chi connectivity index (χ2v) is 5.76. The molecule has 4 N–H and O–H groups in total. The molecule has 0 amide bonds. The minimum absolute atomic E-state index is 0.354. The molecule has 1 aliphatic rings. The molecule has 0 aliphatic carbocycles. The molecule has 0 unspecified atom stereocenters. The molecule has 3 aromatic heterocycles. The number of pyridine rings is 1. The number of rotatable bonds is 4. The maximum absolute atomic E-state index is 8.83. The maximum Gasteiger partial charge on any atom is 0.247 e. The monoisotopic (exact) mass is 309 g/mol. The molecular weight excluding hydrogens is 294 g/mol. The number of nitrogens with one attached hydrogen (secondary N) is 2. The molecule has 116 valence electrons. The molecule has 0 saturated carbocycles. The first kappa shape index (κ1) is 13.5. The highest BCUT2D eigenvalue weighted by Crippen LogP contribution is 2.31. The van der Waals surface area contributed by atoms with Crippen LogP contribution in [0.15, 0.2) is 30.7 Å². The molecule has 9 nitrogen and oxygen atoms in total. The number of nitriles is 1. The van der Waals surface area contributed by atoms with Gasteiger partial charge >= 0.3 is 0 Å². The van der Waals surface area contributed by atoms with Crippen molar-refractivity contribution in [2.75, 3.05) is 23.3 Å². The zero-order valence-electron chi connectivity index (χ0n) is 12.3. The van der Waals surface area contributed by atoms with E-state index in [1.165, 1.54) is 0 Å². The average Bonchev–Trinajstić information content (AvgIpc) is 3.13. The van der Waals surface area contributed by atoms with Crippen molar-refractivity contribution in [1.29, 1.82) is 5.26 Å². The number of fused-ring (bicyclic) bond motifs is 1. The van der Waals surface area contributed by atoms with Gasteiger partial charge in [0.05, 0.1) is 35.6 Å². The van der Waals surface area contributed by atoms with Crippen LogP contribution >= 0.6 is 0 Å². The molecule has 1 aliphatic heterocycles. The molecule has 23 heavy (non-hydrogen) atoms. The van der Waals surface area contributed by atoms with Gasteiger partial charge in [0.2, 0.25) is 5.95 Å². The highest BCUT2D eigenvalue weighted by Gasteiger charge is 2.40. The Kier molecular flexibility index (Phi) is 2.92. The molecule has 0 spiro atoms. The van der Waals surface area contributed by atoms with E-state index in [1.54, 1.807) is 16.9 Å². The van der Waals surface area contributed by atoms with Gasteiger partial charge < -0.3 is 16.0 Å². The number of nitrogens with two attached hydrogens (primary N) is 1. The molecule has 4 heterocycles. The van der Waals surface area contributed by atoms with Crippen LogP contribution in [0.25, 0.3) is 5.65 Å². The third-order valence-corrected chi connectivity index (χ3v) is 3.88. The largest absolute Gasteiger partial charge is 0.365 e. The van der Waals surface area contributed by atoms with Crippen LogP contribution in [0.2, 0.25) is 0 Å². The summed E-state index contributed by atoms with van der Waals surface area (Å²) in [5, 5.41) is 22.9. The van der Waals surface area contributed by atoms with Crippen molar-refractivity contribution in [3.8, 4) is 6.07 Å². The van der Waals surface area contributed by atoms with Crippen molar-refractivity contribution in [2.45, 2.75) is 12.0 Å². The minimum Gasteiger partial charge on any atom is -0.365 e. The molecule has 0 atom stereocenters. The van der Waals surface area contributed by atoms with Gasteiger partial charge in [0.25, 0.3) is 0 Å². The lowest BCUT2D eigenvalue weighted by Crippen LogP contribution is -2.67. The molecule has 0 aromatic carbocycles. The Morgan fingerprint density at radius 1 is 1.48 bits per heavy atom. The molecule has 0 bridgehead atoms. The fourth-order valence-electron chi connectivity index (χ4n) is 2.79. The summed E-state index contributed by atoms with van der Waals surface area (Å²) >= 11 is 0. The van der Waals surface area contributed by atoms with E-state index < -0.39 is 5.54 Å². The molecule has 1 saturated heterocycles. The van der Waals surface area contributed by atoms with Gasteiger partial charge in [0, 0.05) is 25.5 Å². The summed E-state index contributed by atoms with van der Waals surface area (Å²) in [6.45, 7) is 1.27. The van der Waals surface area contributed by atoms with Crippen LogP contribution in [-0.4, -0.2) is 43.4 Å². The third kappa shape index (κ3) is 2.35. The first-order valence-electron chi connectivity index (χ1n) is 7.19. The number of hydrogen-bond acceptors (Lipinski definition) is 7. The smallest absolute Gasteiger partial charge is 0.247 e. The Morgan fingerprint density at radius 2 is 2.35 bits per heavy atom. The van der Waals surface area contributed by atoms with Gasteiger partial charge in [-0.2, -0.15) is 15.3 Å². The number of aromatic amines is 1. The van der Waals surface area contributed by atoms with E-state index in [1.807, 2.05) is 18.3 Å². The van der Waals surface area contributed by atoms with Crippen LogP contribution < -0.4 is 16.0 Å². The van der Waals surface area contributed by atoms with Crippen molar-refractivity contribution >= 4 is 23.0 Å².